The summed E-state index contributed by atoms with van der Waals surface area (Å²) >= 11 is 0. The van der Waals surface area contributed by atoms with Crippen molar-refractivity contribution in [2.24, 2.45) is 0 Å². The maximum absolute atomic E-state index is 13.5. The second kappa shape index (κ2) is 8.54. The van der Waals surface area contributed by atoms with Crippen LogP contribution in [-0.4, -0.2) is 29.0 Å². The van der Waals surface area contributed by atoms with Gasteiger partial charge in [0, 0.05) is 35.3 Å². The number of ether oxygens (including phenoxy) is 2. The summed E-state index contributed by atoms with van der Waals surface area (Å²) < 4.78 is 26.7. The number of methoxy groups -OCH3 is 2. The van der Waals surface area contributed by atoms with Gasteiger partial charge in [0.2, 0.25) is 0 Å². The minimum atomic E-state index is -0.252. The maximum atomic E-state index is 13.5. The van der Waals surface area contributed by atoms with Gasteiger partial charge in [-0.25, -0.2) is 4.39 Å². The molecule has 2 aliphatic heterocycles. The van der Waals surface area contributed by atoms with Crippen molar-refractivity contribution in [3.05, 3.63) is 83.8 Å². The number of aryl methyl sites for hydroxylation is 1. The van der Waals surface area contributed by atoms with E-state index < -0.39 is 0 Å². The number of aromatic nitrogens is 3. The Morgan fingerprint density at radius 2 is 1.45 bits per heavy atom. The molecule has 0 bridgehead atoms. The summed E-state index contributed by atoms with van der Waals surface area (Å²) in [6.45, 7) is 2.69. The van der Waals surface area contributed by atoms with Gasteiger partial charge in [-0.3, -0.25) is 0 Å². The molecule has 6 heteroatoms. The lowest BCUT2D eigenvalue weighted by Crippen LogP contribution is -2.05. The zero-order valence-corrected chi connectivity index (χ0v) is 18.8. The van der Waals surface area contributed by atoms with Gasteiger partial charge < -0.3 is 14.0 Å². The fourth-order valence-electron chi connectivity index (χ4n) is 4.19. The SMILES string of the molecule is CCc1ccc(-c2nnc3c4cc(OC)c(OC)cc4n(Cc4ccc(F)cc4)cc2-3)cc1. The highest BCUT2D eigenvalue weighted by atomic mass is 19.1. The van der Waals surface area contributed by atoms with Crippen LogP contribution in [0.1, 0.15) is 18.1 Å². The summed E-state index contributed by atoms with van der Waals surface area (Å²) in [4.78, 5) is 0. The van der Waals surface area contributed by atoms with Gasteiger partial charge in [-0.2, -0.15) is 0 Å². The highest BCUT2D eigenvalue weighted by molar-refractivity contribution is 5.99. The van der Waals surface area contributed by atoms with E-state index in [-0.39, 0.29) is 5.82 Å². The first-order valence-corrected chi connectivity index (χ1v) is 10.9. The van der Waals surface area contributed by atoms with E-state index in [9.17, 15) is 4.39 Å². The van der Waals surface area contributed by atoms with E-state index in [0.29, 0.717) is 18.0 Å². The molecular weight excluding hydrogens is 417 g/mol. The van der Waals surface area contributed by atoms with Crippen LogP contribution in [0.25, 0.3) is 33.4 Å². The van der Waals surface area contributed by atoms with Crippen LogP contribution in [0.2, 0.25) is 0 Å². The molecule has 0 fully saturated rings. The fraction of sp³-hybridized carbons (Fsp3) is 0.185. The first-order chi connectivity index (χ1) is 16.1. The molecule has 5 rings (SSSR count). The van der Waals surface area contributed by atoms with Crippen LogP contribution in [0.15, 0.2) is 66.9 Å². The Bertz CT molecular complexity index is 1390. The summed E-state index contributed by atoms with van der Waals surface area (Å²) in [5.74, 6) is 1.01. The van der Waals surface area contributed by atoms with Gasteiger partial charge in [-0.15, -0.1) is 10.2 Å². The number of fused-ring (bicyclic) bond motifs is 3. The van der Waals surface area contributed by atoms with Gasteiger partial charge in [-0.05, 0) is 35.7 Å². The van der Waals surface area contributed by atoms with Crippen molar-refractivity contribution < 1.29 is 13.9 Å². The lowest BCUT2D eigenvalue weighted by atomic mass is 10.00. The van der Waals surface area contributed by atoms with Crippen molar-refractivity contribution in [3.8, 4) is 34.0 Å². The first-order valence-electron chi connectivity index (χ1n) is 10.9. The van der Waals surface area contributed by atoms with Crippen LogP contribution < -0.4 is 9.47 Å². The van der Waals surface area contributed by atoms with Gasteiger partial charge >= 0.3 is 0 Å². The lowest BCUT2D eigenvalue weighted by Gasteiger charge is -2.17. The molecule has 0 radical (unpaired) electrons. The molecule has 0 aliphatic carbocycles. The predicted molar refractivity (Wildman–Crippen MR) is 128 cm³/mol. The summed E-state index contributed by atoms with van der Waals surface area (Å²) in [7, 11) is 3.24. The Morgan fingerprint density at radius 1 is 0.818 bits per heavy atom. The number of hydrogen-bond acceptors (Lipinski definition) is 4. The average molecular weight is 442 g/mol. The Balaban J connectivity index is 1.74. The summed E-state index contributed by atoms with van der Waals surface area (Å²) in [5.41, 5.74) is 6.78. The zero-order chi connectivity index (χ0) is 22.9. The smallest absolute Gasteiger partial charge is 0.162 e. The van der Waals surface area contributed by atoms with Crippen molar-refractivity contribution in [1.82, 2.24) is 14.8 Å². The molecule has 0 amide bonds. The Morgan fingerprint density at radius 3 is 2.12 bits per heavy atom. The number of halogens is 1. The van der Waals surface area contributed by atoms with Gasteiger partial charge in [0.25, 0.3) is 0 Å². The Hall–Kier alpha value is -3.93. The molecule has 0 unspecified atom stereocenters. The van der Waals surface area contributed by atoms with Crippen molar-refractivity contribution >= 4 is 10.9 Å². The summed E-state index contributed by atoms with van der Waals surface area (Å²) in [6, 6.07) is 18.9. The molecule has 5 nitrogen and oxygen atoms in total. The number of nitrogens with zero attached hydrogens (tertiary/aromatic N) is 3. The first kappa shape index (κ1) is 20.9. The third-order valence-electron chi connectivity index (χ3n) is 6.01. The minimum Gasteiger partial charge on any atom is -0.493 e. The molecule has 33 heavy (non-hydrogen) atoms. The molecule has 3 aromatic carbocycles. The third kappa shape index (κ3) is 3.78. The van der Waals surface area contributed by atoms with Crippen molar-refractivity contribution in [2.45, 2.75) is 19.9 Å². The van der Waals surface area contributed by atoms with E-state index in [0.717, 1.165) is 45.4 Å². The highest BCUT2D eigenvalue weighted by Gasteiger charge is 2.22. The molecular formula is C27H24FN3O2. The van der Waals surface area contributed by atoms with E-state index in [2.05, 4.69) is 52.2 Å². The van der Waals surface area contributed by atoms with E-state index in [1.54, 1.807) is 26.4 Å². The van der Waals surface area contributed by atoms with Crippen molar-refractivity contribution in [3.63, 3.8) is 0 Å². The Labute approximate surface area is 191 Å². The van der Waals surface area contributed by atoms with E-state index >= 15 is 0 Å². The van der Waals surface area contributed by atoms with Gasteiger partial charge in [0.15, 0.2) is 11.5 Å². The van der Waals surface area contributed by atoms with Gasteiger partial charge in [-0.1, -0.05) is 43.3 Å². The van der Waals surface area contributed by atoms with E-state index in [1.165, 1.54) is 17.7 Å². The molecule has 0 saturated heterocycles. The second-order valence-corrected chi connectivity index (χ2v) is 7.97. The van der Waals surface area contributed by atoms with Crippen LogP contribution in [0.5, 0.6) is 11.5 Å². The minimum absolute atomic E-state index is 0.252. The molecule has 2 heterocycles. The quantitative estimate of drug-likeness (QED) is 0.326. The highest BCUT2D eigenvalue weighted by Crippen LogP contribution is 2.41. The average Bonchev–Trinajstić information content (AvgIpc) is 3.28. The lowest BCUT2D eigenvalue weighted by molar-refractivity contribution is 0.355. The Kier molecular flexibility index (Phi) is 5.42. The fourth-order valence-corrected chi connectivity index (χ4v) is 4.19. The van der Waals surface area contributed by atoms with Gasteiger partial charge in [0.05, 0.1) is 19.7 Å². The van der Waals surface area contributed by atoms with Crippen LogP contribution in [0.3, 0.4) is 0 Å². The summed E-state index contributed by atoms with van der Waals surface area (Å²) in [6.07, 6.45) is 3.05. The number of benzene rings is 3. The van der Waals surface area contributed by atoms with Crippen LogP contribution >= 0.6 is 0 Å². The predicted octanol–water partition coefficient (Wildman–Crippen LogP) is 5.97. The van der Waals surface area contributed by atoms with Crippen LogP contribution in [-0.2, 0) is 13.0 Å². The van der Waals surface area contributed by atoms with E-state index in [4.69, 9.17) is 9.47 Å². The van der Waals surface area contributed by atoms with Crippen molar-refractivity contribution in [2.75, 3.05) is 14.2 Å². The van der Waals surface area contributed by atoms with Crippen LogP contribution in [0.4, 0.5) is 4.39 Å². The molecule has 0 saturated carbocycles. The zero-order valence-electron chi connectivity index (χ0n) is 18.8. The molecule has 0 aromatic heterocycles. The standard InChI is InChI=1S/C27H24FN3O2/c1-4-17-5-9-19(10-6-17)26-22-16-31(15-18-7-11-20(28)12-8-18)23-14-25(33-3)24(32-2)13-21(23)27(22)30-29-26/h5-14,16H,4,15H2,1-3H3. The largest absolute Gasteiger partial charge is 0.493 e. The molecule has 0 N–H and O–H groups in total. The monoisotopic (exact) mass is 441 g/mol. The normalized spacial score (nSPS) is 11.3. The topological polar surface area (TPSA) is 49.2 Å². The number of rotatable bonds is 6. The van der Waals surface area contributed by atoms with E-state index in [1.807, 2.05) is 12.1 Å². The third-order valence-corrected chi connectivity index (χ3v) is 6.01. The molecule has 0 spiro atoms. The maximum Gasteiger partial charge on any atom is 0.162 e. The summed E-state index contributed by atoms with van der Waals surface area (Å²) in [5, 5.41) is 10.0. The van der Waals surface area contributed by atoms with Crippen molar-refractivity contribution in [1.29, 1.82) is 0 Å². The van der Waals surface area contributed by atoms with Crippen LogP contribution in [0, 0.1) is 5.82 Å². The molecule has 0 atom stereocenters. The molecule has 3 aromatic rings. The molecule has 2 aliphatic rings. The van der Waals surface area contributed by atoms with Gasteiger partial charge in [0.1, 0.15) is 17.2 Å². The number of pyridine rings is 1. The molecule has 166 valence electrons. The number of hydrogen-bond donors (Lipinski definition) is 0. The second-order valence-electron chi connectivity index (χ2n) is 7.97.